The van der Waals surface area contributed by atoms with Crippen LogP contribution in [0.4, 0.5) is 0 Å². The van der Waals surface area contributed by atoms with Crippen LogP contribution in [0.2, 0.25) is 0 Å². The minimum absolute atomic E-state index is 0.237. The third kappa shape index (κ3) is 19.8. The van der Waals surface area contributed by atoms with Gasteiger partial charge in [0, 0.05) is 25.2 Å². The highest BCUT2D eigenvalue weighted by Gasteiger charge is 2.09. The molecule has 0 aromatic heterocycles. The first-order valence-electron chi connectivity index (χ1n) is 10.9. The number of hydrogen-bond acceptors (Lipinski definition) is 3. The Morgan fingerprint density at radius 2 is 1.04 bits per heavy atom. The van der Waals surface area contributed by atoms with Crippen LogP contribution in [0.1, 0.15) is 97.3 Å². The predicted molar refractivity (Wildman–Crippen MR) is 114 cm³/mol. The number of nitrogens with two attached hydrogens (primary N) is 2. The third-order valence-electron chi connectivity index (χ3n) is 4.72. The largest absolute Gasteiger partial charge is 0.327 e. The Kier molecular flexibility index (Phi) is 18.1. The van der Waals surface area contributed by atoms with Crippen LogP contribution in [0.15, 0.2) is 12.7 Å². The van der Waals surface area contributed by atoms with Crippen molar-refractivity contribution in [2.45, 2.75) is 109 Å². The zero-order valence-corrected chi connectivity index (χ0v) is 17.4. The van der Waals surface area contributed by atoms with E-state index in [0.29, 0.717) is 0 Å². The van der Waals surface area contributed by atoms with E-state index in [1.165, 1.54) is 83.5 Å². The second kappa shape index (κ2) is 18.4. The van der Waals surface area contributed by atoms with Gasteiger partial charge in [-0.2, -0.15) is 0 Å². The van der Waals surface area contributed by atoms with Crippen LogP contribution in [0.3, 0.4) is 0 Å². The summed E-state index contributed by atoms with van der Waals surface area (Å²) in [6.45, 7) is 11.0. The Morgan fingerprint density at radius 1 is 0.680 bits per heavy atom. The molecule has 0 aliphatic heterocycles. The minimum atomic E-state index is 0.237. The SMILES string of the molecule is C=CCCCCCCCCCCCCCCN(CC(C)N)CC(C)N. The summed E-state index contributed by atoms with van der Waals surface area (Å²) >= 11 is 0. The molecule has 0 saturated heterocycles. The fourth-order valence-corrected chi connectivity index (χ4v) is 3.46. The molecule has 25 heavy (non-hydrogen) atoms. The highest BCUT2D eigenvalue weighted by molar-refractivity contribution is 4.68. The number of rotatable bonds is 19. The summed E-state index contributed by atoms with van der Waals surface area (Å²) in [4.78, 5) is 2.43. The molecule has 0 spiro atoms. The van der Waals surface area contributed by atoms with Crippen LogP contribution in [0, 0.1) is 0 Å². The van der Waals surface area contributed by atoms with Crippen molar-refractivity contribution in [1.29, 1.82) is 0 Å². The molecule has 0 aliphatic carbocycles. The quantitative estimate of drug-likeness (QED) is 0.247. The molecule has 0 aromatic rings. The lowest BCUT2D eigenvalue weighted by Gasteiger charge is -2.25. The highest BCUT2D eigenvalue weighted by atomic mass is 15.1. The van der Waals surface area contributed by atoms with E-state index in [0.717, 1.165) is 19.6 Å². The number of hydrogen-bond donors (Lipinski definition) is 2. The summed E-state index contributed by atoms with van der Waals surface area (Å²) in [6.07, 6.45) is 19.9. The molecule has 0 amide bonds. The lowest BCUT2D eigenvalue weighted by atomic mass is 10.0. The maximum absolute atomic E-state index is 5.93. The van der Waals surface area contributed by atoms with E-state index in [2.05, 4.69) is 25.3 Å². The van der Waals surface area contributed by atoms with Crippen LogP contribution in [0.5, 0.6) is 0 Å². The fraction of sp³-hybridized carbons (Fsp3) is 0.909. The highest BCUT2D eigenvalue weighted by Crippen LogP contribution is 2.12. The standard InChI is InChI=1S/C22H47N3/c1-4-5-6-7-8-9-10-11-12-13-14-15-16-17-18-25(19-21(2)23)20-22(3)24/h4,21-22H,1,5-20,23-24H2,2-3H3. The topological polar surface area (TPSA) is 55.3 Å². The van der Waals surface area contributed by atoms with Crippen molar-refractivity contribution >= 4 is 0 Å². The van der Waals surface area contributed by atoms with Gasteiger partial charge in [0.2, 0.25) is 0 Å². The minimum Gasteiger partial charge on any atom is -0.327 e. The van der Waals surface area contributed by atoms with Crippen LogP contribution < -0.4 is 11.5 Å². The van der Waals surface area contributed by atoms with E-state index in [1.54, 1.807) is 0 Å². The van der Waals surface area contributed by atoms with Gasteiger partial charge in [0.05, 0.1) is 0 Å². The lowest BCUT2D eigenvalue weighted by Crippen LogP contribution is -2.42. The first-order chi connectivity index (χ1) is 12.1. The normalized spacial score (nSPS) is 14.0. The smallest absolute Gasteiger partial charge is 0.0139 e. The summed E-state index contributed by atoms with van der Waals surface area (Å²) in [5.41, 5.74) is 11.9. The average molecular weight is 354 g/mol. The Balaban J connectivity index is 3.35. The van der Waals surface area contributed by atoms with Crippen molar-refractivity contribution < 1.29 is 0 Å². The molecule has 0 heterocycles. The van der Waals surface area contributed by atoms with Gasteiger partial charge in [-0.3, -0.25) is 0 Å². The molecule has 0 rings (SSSR count). The van der Waals surface area contributed by atoms with Gasteiger partial charge in [0.15, 0.2) is 0 Å². The monoisotopic (exact) mass is 353 g/mol. The molecule has 0 bridgehead atoms. The van der Waals surface area contributed by atoms with Gasteiger partial charge < -0.3 is 16.4 Å². The average Bonchev–Trinajstić information content (AvgIpc) is 2.54. The third-order valence-corrected chi connectivity index (χ3v) is 4.72. The van der Waals surface area contributed by atoms with Crippen molar-refractivity contribution in [3.8, 4) is 0 Å². The molecule has 0 aromatic carbocycles. The molecule has 0 saturated carbocycles. The van der Waals surface area contributed by atoms with E-state index in [1.807, 2.05) is 6.08 Å². The van der Waals surface area contributed by atoms with Crippen molar-refractivity contribution in [3.05, 3.63) is 12.7 Å². The summed E-state index contributed by atoms with van der Waals surface area (Å²) in [5, 5.41) is 0. The Morgan fingerprint density at radius 3 is 1.40 bits per heavy atom. The van der Waals surface area contributed by atoms with Gasteiger partial charge in [-0.15, -0.1) is 6.58 Å². The number of unbranched alkanes of at least 4 members (excludes halogenated alkanes) is 12. The Bertz CT molecular complexity index is 266. The van der Waals surface area contributed by atoms with Crippen LogP contribution >= 0.6 is 0 Å². The van der Waals surface area contributed by atoms with Gasteiger partial charge >= 0.3 is 0 Å². The molecule has 3 heteroatoms. The molecule has 2 unspecified atom stereocenters. The van der Waals surface area contributed by atoms with Gasteiger partial charge in [-0.05, 0) is 39.7 Å². The van der Waals surface area contributed by atoms with Crippen LogP contribution in [-0.2, 0) is 0 Å². The van der Waals surface area contributed by atoms with Crippen molar-refractivity contribution in [2.24, 2.45) is 11.5 Å². The Labute approximate surface area is 158 Å². The summed E-state index contributed by atoms with van der Waals surface area (Å²) in [6, 6.07) is 0.474. The summed E-state index contributed by atoms with van der Waals surface area (Å²) < 4.78 is 0. The van der Waals surface area contributed by atoms with Crippen molar-refractivity contribution in [3.63, 3.8) is 0 Å². The van der Waals surface area contributed by atoms with Crippen molar-refractivity contribution in [1.82, 2.24) is 4.90 Å². The first-order valence-corrected chi connectivity index (χ1v) is 10.9. The fourth-order valence-electron chi connectivity index (χ4n) is 3.46. The molecule has 0 aliphatic rings. The molecule has 3 nitrogen and oxygen atoms in total. The van der Waals surface area contributed by atoms with E-state index in [9.17, 15) is 0 Å². The second-order valence-corrected chi connectivity index (χ2v) is 8.03. The zero-order valence-electron chi connectivity index (χ0n) is 17.4. The van der Waals surface area contributed by atoms with Crippen LogP contribution in [-0.4, -0.2) is 36.6 Å². The molecule has 0 fully saturated rings. The molecular weight excluding hydrogens is 306 g/mol. The lowest BCUT2D eigenvalue weighted by molar-refractivity contribution is 0.244. The maximum atomic E-state index is 5.93. The maximum Gasteiger partial charge on any atom is 0.0139 e. The van der Waals surface area contributed by atoms with Gasteiger partial charge in [0.1, 0.15) is 0 Å². The van der Waals surface area contributed by atoms with Crippen LogP contribution in [0.25, 0.3) is 0 Å². The Hall–Kier alpha value is -0.380. The van der Waals surface area contributed by atoms with Gasteiger partial charge in [-0.25, -0.2) is 0 Å². The molecule has 2 atom stereocenters. The van der Waals surface area contributed by atoms with Crippen molar-refractivity contribution in [2.75, 3.05) is 19.6 Å². The molecular formula is C22H47N3. The van der Waals surface area contributed by atoms with Gasteiger partial charge in [-0.1, -0.05) is 70.3 Å². The van der Waals surface area contributed by atoms with Gasteiger partial charge in [0.25, 0.3) is 0 Å². The second-order valence-electron chi connectivity index (χ2n) is 8.03. The zero-order chi connectivity index (χ0) is 18.8. The number of nitrogens with zero attached hydrogens (tertiary/aromatic N) is 1. The van der Waals surface area contributed by atoms with E-state index >= 15 is 0 Å². The van der Waals surface area contributed by atoms with E-state index < -0.39 is 0 Å². The summed E-state index contributed by atoms with van der Waals surface area (Å²) in [5.74, 6) is 0. The summed E-state index contributed by atoms with van der Waals surface area (Å²) in [7, 11) is 0. The predicted octanol–water partition coefficient (Wildman–Crippen LogP) is 5.24. The van der Waals surface area contributed by atoms with E-state index in [4.69, 9.17) is 11.5 Å². The molecule has 0 radical (unpaired) electrons. The first kappa shape index (κ1) is 24.6. The molecule has 4 N–H and O–H groups in total. The van der Waals surface area contributed by atoms with E-state index in [-0.39, 0.29) is 12.1 Å². The number of allylic oxidation sites excluding steroid dienone is 1. The molecule has 150 valence electrons.